The number of aliphatic hydroxyl groups excluding tert-OH is 1. The van der Waals surface area contributed by atoms with Gasteiger partial charge in [-0.2, -0.15) is 0 Å². The number of hydrogen-bond donors (Lipinski definition) is 3. The second kappa shape index (κ2) is 14.1. The average molecular weight is 542 g/mol. The molecule has 4 aromatic rings. The number of pyridine rings is 1. The lowest BCUT2D eigenvalue weighted by Gasteiger charge is -2.15. The average Bonchev–Trinajstić information content (AvgIpc) is 3.66. The van der Waals surface area contributed by atoms with E-state index < -0.39 is 0 Å². The number of anilines is 3. The quantitative estimate of drug-likeness (QED) is 0.254. The van der Waals surface area contributed by atoms with Crippen molar-refractivity contribution >= 4 is 56.4 Å². The van der Waals surface area contributed by atoms with E-state index in [1.165, 1.54) is 24.2 Å². The van der Waals surface area contributed by atoms with Gasteiger partial charge in [0, 0.05) is 35.7 Å². The minimum absolute atomic E-state index is 0.228. The Labute approximate surface area is 226 Å². The number of carbonyl (C=O) groups excluding carboxylic acids is 1. The molecule has 0 bridgehead atoms. The number of aromatic nitrogens is 4. The van der Waals surface area contributed by atoms with Crippen molar-refractivity contribution in [3.63, 3.8) is 0 Å². The van der Waals surface area contributed by atoms with Gasteiger partial charge in [0.2, 0.25) is 0 Å². The predicted molar refractivity (Wildman–Crippen MR) is 154 cm³/mol. The highest BCUT2D eigenvalue weighted by Crippen LogP contribution is 2.33. The largest absolute Gasteiger partial charge is 0.395 e. The molecule has 0 amide bonds. The maximum absolute atomic E-state index is 10.9. The third-order valence-electron chi connectivity index (χ3n) is 5.61. The summed E-state index contributed by atoms with van der Waals surface area (Å²) in [6.45, 7) is 9.61. The SMILES string of the molecule is CC.CC(C)Nc1cc(Nc2ccc3ncsc3c2)ncc1-c1nnc(C=O)s1.CN1CCCC1CO. The zero-order valence-electron chi connectivity index (χ0n) is 21.9. The molecule has 1 atom stereocenters. The second-order valence-corrected chi connectivity index (χ2v) is 10.5. The molecule has 3 aromatic heterocycles. The summed E-state index contributed by atoms with van der Waals surface area (Å²) in [7, 11) is 2.06. The highest BCUT2D eigenvalue weighted by Gasteiger charge is 2.18. The van der Waals surface area contributed by atoms with Gasteiger partial charge in [-0.25, -0.2) is 9.97 Å². The Kier molecular flexibility index (Phi) is 10.9. The molecule has 9 nitrogen and oxygen atoms in total. The van der Waals surface area contributed by atoms with Crippen molar-refractivity contribution in [2.75, 3.05) is 30.8 Å². The maximum atomic E-state index is 10.9. The molecular weight excluding hydrogens is 506 g/mol. The number of thiazole rings is 1. The van der Waals surface area contributed by atoms with Gasteiger partial charge in [-0.3, -0.25) is 4.79 Å². The van der Waals surface area contributed by atoms with E-state index in [9.17, 15) is 4.79 Å². The molecular formula is C26H35N7O2S2. The first-order valence-corrected chi connectivity index (χ1v) is 14.1. The van der Waals surface area contributed by atoms with E-state index >= 15 is 0 Å². The summed E-state index contributed by atoms with van der Waals surface area (Å²) in [6, 6.07) is 8.64. The minimum atomic E-state index is 0.228. The lowest BCUT2D eigenvalue weighted by molar-refractivity contribution is 0.112. The fourth-order valence-electron chi connectivity index (χ4n) is 3.81. The van der Waals surface area contributed by atoms with Crippen molar-refractivity contribution < 1.29 is 9.90 Å². The molecule has 1 aromatic carbocycles. The molecule has 0 radical (unpaired) electrons. The van der Waals surface area contributed by atoms with Gasteiger partial charge in [-0.05, 0) is 58.5 Å². The van der Waals surface area contributed by atoms with Crippen molar-refractivity contribution in [3.05, 3.63) is 41.0 Å². The molecule has 37 heavy (non-hydrogen) atoms. The maximum Gasteiger partial charge on any atom is 0.180 e. The van der Waals surface area contributed by atoms with Gasteiger partial charge < -0.3 is 20.6 Å². The summed E-state index contributed by atoms with van der Waals surface area (Å²) < 4.78 is 1.12. The highest BCUT2D eigenvalue weighted by molar-refractivity contribution is 7.16. The van der Waals surface area contributed by atoms with Crippen LogP contribution in [0.5, 0.6) is 0 Å². The van der Waals surface area contributed by atoms with E-state index in [-0.39, 0.29) is 6.04 Å². The Morgan fingerprint density at radius 2 is 2.03 bits per heavy atom. The van der Waals surface area contributed by atoms with Crippen LogP contribution in [0.15, 0.2) is 36.0 Å². The lowest BCUT2D eigenvalue weighted by atomic mass is 10.2. The van der Waals surface area contributed by atoms with Crippen LogP contribution in [0.25, 0.3) is 20.8 Å². The molecule has 11 heteroatoms. The summed E-state index contributed by atoms with van der Waals surface area (Å²) in [5.74, 6) is 0.714. The molecule has 1 fully saturated rings. The molecule has 4 heterocycles. The zero-order valence-corrected chi connectivity index (χ0v) is 23.6. The summed E-state index contributed by atoms with van der Waals surface area (Å²) in [5, 5.41) is 24.4. The molecule has 1 saturated heterocycles. The number of carbonyl (C=O) groups is 1. The molecule has 0 spiro atoms. The van der Waals surface area contributed by atoms with Crippen LogP contribution in [0.3, 0.4) is 0 Å². The molecule has 1 unspecified atom stereocenters. The van der Waals surface area contributed by atoms with E-state index in [0.717, 1.165) is 33.7 Å². The molecule has 0 aliphatic carbocycles. The van der Waals surface area contributed by atoms with E-state index in [1.54, 1.807) is 17.5 Å². The highest BCUT2D eigenvalue weighted by atomic mass is 32.1. The topological polar surface area (TPSA) is 116 Å². The molecule has 3 N–H and O–H groups in total. The van der Waals surface area contributed by atoms with Gasteiger partial charge in [0.1, 0.15) is 5.82 Å². The van der Waals surface area contributed by atoms with Crippen LogP contribution in [0.2, 0.25) is 0 Å². The fraction of sp³-hybridized carbons (Fsp3) is 0.423. The van der Waals surface area contributed by atoms with Gasteiger partial charge in [-0.15, -0.1) is 21.5 Å². The van der Waals surface area contributed by atoms with Crippen LogP contribution in [0, 0.1) is 0 Å². The Hall–Kier alpha value is -2.99. The van der Waals surface area contributed by atoms with Crippen LogP contribution < -0.4 is 10.6 Å². The number of hydrogen-bond acceptors (Lipinski definition) is 11. The van der Waals surface area contributed by atoms with Crippen LogP contribution >= 0.6 is 22.7 Å². The summed E-state index contributed by atoms with van der Waals surface area (Å²) in [4.78, 5) is 21.9. The Morgan fingerprint density at radius 3 is 2.65 bits per heavy atom. The Bertz CT molecular complexity index is 1270. The number of benzene rings is 1. The number of likely N-dealkylation sites (tertiary alicyclic amines) is 1. The van der Waals surface area contributed by atoms with Crippen LogP contribution in [-0.4, -0.2) is 68.7 Å². The summed E-state index contributed by atoms with van der Waals surface area (Å²) in [5.41, 5.74) is 5.47. The second-order valence-electron chi connectivity index (χ2n) is 8.60. The standard InChI is InChI=1S/C18H16N6OS2.C6H13NO.C2H6/c1-10(2)21-14-6-16(19-7-12(14)18-24-23-17(8-25)27-18)22-11-3-4-13-15(5-11)26-9-20-13;1-7-4-2-3-6(7)5-8;1-2/h3-10H,1-2H3,(H2,19,21,22);6,8H,2-5H2,1H3;1-2H3. The van der Waals surface area contributed by atoms with Gasteiger partial charge >= 0.3 is 0 Å². The predicted octanol–water partition coefficient (Wildman–Crippen LogP) is 5.69. The number of rotatable bonds is 7. The fourth-order valence-corrected chi connectivity index (χ4v) is 5.20. The van der Waals surface area contributed by atoms with Crippen molar-refractivity contribution in [1.82, 2.24) is 25.1 Å². The Balaban J connectivity index is 0.000000322. The smallest absolute Gasteiger partial charge is 0.180 e. The van der Waals surface area contributed by atoms with Gasteiger partial charge in [0.05, 0.1) is 27.9 Å². The Morgan fingerprint density at radius 1 is 1.22 bits per heavy atom. The number of nitrogens with zero attached hydrogens (tertiary/aromatic N) is 5. The first-order chi connectivity index (χ1) is 18.0. The van der Waals surface area contributed by atoms with Crippen molar-refractivity contribution in [3.8, 4) is 10.6 Å². The number of likely N-dealkylation sites (N-methyl/N-ethyl adjacent to an activating group) is 1. The van der Waals surface area contributed by atoms with Gasteiger partial charge in [-0.1, -0.05) is 25.2 Å². The number of aldehydes is 1. The lowest BCUT2D eigenvalue weighted by Crippen LogP contribution is -2.27. The monoisotopic (exact) mass is 541 g/mol. The molecule has 1 aliphatic heterocycles. The van der Waals surface area contributed by atoms with E-state index in [1.807, 2.05) is 37.6 Å². The molecule has 0 saturated carbocycles. The van der Waals surface area contributed by atoms with Crippen molar-refractivity contribution in [2.45, 2.75) is 52.6 Å². The summed E-state index contributed by atoms with van der Waals surface area (Å²) in [6.07, 6.45) is 4.87. The number of aliphatic hydroxyl groups is 1. The van der Waals surface area contributed by atoms with Crippen molar-refractivity contribution in [1.29, 1.82) is 0 Å². The van der Waals surface area contributed by atoms with E-state index in [2.05, 4.69) is 62.7 Å². The summed E-state index contributed by atoms with van der Waals surface area (Å²) >= 11 is 2.84. The van der Waals surface area contributed by atoms with Crippen LogP contribution in [-0.2, 0) is 0 Å². The third-order valence-corrected chi connectivity index (χ3v) is 7.28. The first-order valence-electron chi connectivity index (χ1n) is 12.4. The van der Waals surface area contributed by atoms with Crippen LogP contribution in [0.1, 0.15) is 50.3 Å². The molecule has 5 rings (SSSR count). The van der Waals surface area contributed by atoms with Gasteiger partial charge in [0.15, 0.2) is 16.3 Å². The minimum Gasteiger partial charge on any atom is -0.395 e. The first kappa shape index (κ1) is 28.6. The van der Waals surface area contributed by atoms with Crippen molar-refractivity contribution in [2.24, 2.45) is 0 Å². The van der Waals surface area contributed by atoms with E-state index in [0.29, 0.717) is 34.8 Å². The van der Waals surface area contributed by atoms with Gasteiger partial charge in [0.25, 0.3) is 0 Å². The molecule has 198 valence electrons. The molecule has 1 aliphatic rings. The number of fused-ring (bicyclic) bond motifs is 1. The van der Waals surface area contributed by atoms with E-state index in [4.69, 9.17) is 5.11 Å². The third kappa shape index (κ3) is 7.75. The normalized spacial score (nSPS) is 15.1. The van der Waals surface area contributed by atoms with Crippen LogP contribution in [0.4, 0.5) is 17.2 Å². The zero-order chi connectivity index (χ0) is 26.8. The number of nitrogens with one attached hydrogen (secondary N) is 2.